The Kier molecular flexibility index (Phi) is 5.88. The number of carbonyl (C=O) groups excluding carboxylic acids is 1. The maximum absolute atomic E-state index is 12.7. The fourth-order valence-corrected chi connectivity index (χ4v) is 3.15. The van der Waals surface area contributed by atoms with E-state index in [1.165, 1.54) is 7.11 Å². The van der Waals surface area contributed by atoms with Crippen molar-refractivity contribution in [3.8, 4) is 5.75 Å². The summed E-state index contributed by atoms with van der Waals surface area (Å²) in [5.74, 6) is 0.277. The summed E-state index contributed by atoms with van der Waals surface area (Å²) < 4.78 is 5.26. The molecule has 1 atom stereocenters. The summed E-state index contributed by atoms with van der Waals surface area (Å²) in [6.07, 6.45) is 0. The number of hydrogen-bond acceptors (Lipinski definition) is 4. The number of rotatable bonds is 5. The Labute approximate surface area is 135 Å². The largest absolute Gasteiger partial charge is 0.494 e. The third-order valence-corrected chi connectivity index (χ3v) is 4.17. The first-order valence-electron chi connectivity index (χ1n) is 7.03. The topological polar surface area (TPSA) is 41.6 Å². The molecule has 0 bridgehead atoms. The molecule has 21 heavy (non-hydrogen) atoms. The number of hydrogen-bond donors (Lipinski definition) is 1. The van der Waals surface area contributed by atoms with Gasteiger partial charge < -0.3 is 15.0 Å². The fourth-order valence-electron chi connectivity index (χ4n) is 2.58. The molecule has 1 aliphatic heterocycles. The van der Waals surface area contributed by atoms with Crippen molar-refractivity contribution in [1.82, 2.24) is 10.2 Å². The van der Waals surface area contributed by atoms with Crippen LogP contribution >= 0.6 is 23.2 Å². The first kappa shape index (κ1) is 16.6. The zero-order chi connectivity index (χ0) is 15.4. The van der Waals surface area contributed by atoms with Crippen LogP contribution in [0.25, 0.3) is 0 Å². The average Bonchev–Trinajstić information content (AvgIpc) is 2.46. The van der Waals surface area contributed by atoms with Crippen LogP contribution in [-0.2, 0) is 0 Å². The van der Waals surface area contributed by atoms with E-state index >= 15 is 0 Å². The minimum absolute atomic E-state index is 0.00906. The molecule has 4 nitrogen and oxygen atoms in total. The molecule has 1 aliphatic rings. The molecule has 0 radical (unpaired) electrons. The van der Waals surface area contributed by atoms with E-state index in [1.54, 1.807) is 12.1 Å². The number of methoxy groups -OCH3 is 1. The van der Waals surface area contributed by atoms with Gasteiger partial charge in [0.2, 0.25) is 0 Å². The van der Waals surface area contributed by atoms with Crippen LogP contribution in [0, 0.1) is 5.92 Å². The van der Waals surface area contributed by atoms with Crippen molar-refractivity contribution < 1.29 is 9.53 Å². The van der Waals surface area contributed by atoms with Gasteiger partial charge in [0.15, 0.2) is 5.78 Å². The van der Waals surface area contributed by atoms with E-state index in [-0.39, 0.29) is 11.7 Å². The summed E-state index contributed by atoms with van der Waals surface area (Å²) in [5.41, 5.74) is 0.456. The summed E-state index contributed by atoms with van der Waals surface area (Å²) in [4.78, 5) is 15.0. The van der Waals surface area contributed by atoms with Gasteiger partial charge in [-0.3, -0.25) is 4.79 Å². The highest BCUT2D eigenvalue weighted by Gasteiger charge is 2.24. The average molecular weight is 331 g/mol. The van der Waals surface area contributed by atoms with Crippen LogP contribution in [-0.4, -0.2) is 50.5 Å². The molecule has 2 rings (SSSR count). The maximum atomic E-state index is 12.7. The maximum Gasteiger partial charge on any atom is 0.170 e. The molecule has 0 spiro atoms. The number of ether oxygens (including phenoxy) is 1. The Hall–Kier alpha value is -0.810. The lowest BCUT2D eigenvalue weighted by Gasteiger charge is -2.29. The summed E-state index contributed by atoms with van der Waals surface area (Å²) in [6, 6.07) is 3.21. The first-order valence-corrected chi connectivity index (χ1v) is 7.79. The Balaban J connectivity index is 2.14. The van der Waals surface area contributed by atoms with Crippen molar-refractivity contribution in [3.05, 3.63) is 27.7 Å². The number of Topliss-reactive ketones (excluding diaryl/α,β-unsaturated/α-hetero) is 1. The number of ketones is 1. The molecule has 1 heterocycles. The van der Waals surface area contributed by atoms with Crippen molar-refractivity contribution in [2.24, 2.45) is 5.92 Å². The van der Waals surface area contributed by atoms with E-state index < -0.39 is 0 Å². The van der Waals surface area contributed by atoms with Crippen LogP contribution in [0.1, 0.15) is 17.3 Å². The Morgan fingerprint density at radius 1 is 1.38 bits per heavy atom. The van der Waals surface area contributed by atoms with Gasteiger partial charge in [0.1, 0.15) is 5.75 Å². The van der Waals surface area contributed by atoms with Crippen LogP contribution in [0.3, 0.4) is 0 Å². The van der Waals surface area contributed by atoms with Gasteiger partial charge in [-0.05, 0) is 12.1 Å². The molecule has 1 fully saturated rings. The normalized spacial score (nSPS) is 17.5. The standard InChI is InChI=1S/C15H20Cl2N2O2/c1-10(9-19-5-3-18-4-6-19)14(20)12-7-11(16)8-13(17)15(12)21-2/h7-8,10,18H,3-6,9H2,1-2H3. The van der Waals surface area contributed by atoms with Crippen LogP contribution in [0.2, 0.25) is 10.0 Å². The molecule has 1 unspecified atom stereocenters. The second-order valence-electron chi connectivity index (χ2n) is 5.28. The zero-order valence-corrected chi connectivity index (χ0v) is 13.8. The van der Waals surface area contributed by atoms with E-state index in [9.17, 15) is 4.79 Å². The van der Waals surface area contributed by atoms with Crippen LogP contribution in [0.4, 0.5) is 0 Å². The Morgan fingerprint density at radius 3 is 2.67 bits per heavy atom. The molecule has 1 aromatic carbocycles. The number of nitrogens with zero attached hydrogens (tertiary/aromatic N) is 1. The zero-order valence-electron chi connectivity index (χ0n) is 12.3. The molecular formula is C15H20Cl2N2O2. The van der Waals surface area contributed by atoms with Crippen molar-refractivity contribution in [3.63, 3.8) is 0 Å². The molecule has 0 saturated carbocycles. The quantitative estimate of drug-likeness (QED) is 0.843. The lowest BCUT2D eigenvalue weighted by molar-refractivity contribution is 0.0884. The molecule has 0 aromatic heterocycles. The fraction of sp³-hybridized carbons (Fsp3) is 0.533. The van der Waals surface area contributed by atoms with Gasteiger partial charge in [-0.2, -0.15) is 0 Å². The van der Waals surface area contributed by atoms with Gasteiger partial charge in [-0.25, -0.2) is 0 Å². The van der Waals surface area contributed by atoms with Crippen molar-refractivity contribution in [1.29, 1.82) is 0 Å². The highest BCUT2D eigenvalue weighted by atomic mass is 35.5. The first-order chi connectivity index (χ1) is 10.0. The molecule has 1 aromatic rings. The monoisotopic (exact) mass is 330 g/mol. The molecule has 116 valence electrons. The minimum Gasteiger partial charge on any atom is -0.494 e. The third kappa shape index (κ3) is 4.10. The number of piperazine rings is 1. The summed E-state index contributed by atoms with van der Waals surface area (Å²) in [6.45, 7) is 6.52. The smallest absolute Gasteiger partial charge is 0.170 e. The van der Waals surface area contributed by atoms with Crippen LogP contribution < -0.4 is 10.1 Å². The highest BCUT2D eigenvalue weighted by molar-refractivity contribution is 6.36. The highest BCUT2D eigenvalue weighted by Crippen LogP contribution is 2.33. The summed E-state index contributed by atoms with van der Waals surface area (Å²) >= 11 is 12.1. The summed E-state index contributed by atoms with van der Waals surface area (Å²) in [7, 11) is 1.51. The van der Waals surface area contributed by atoms with E-state index in [1.807, 2.05) is 6.92 Å². The molecule has 0 aliphatic carbocycles. The molecule has 6 heteroatoms. The number of benzene rings is 1. The van der Waals surface area contributed by atoms with Crippen molar-refractivity contribution in [2.45, 2.75) is 6.92 Å². The third-order valence-electron chi connectivity index (χ3n) is 3.67. The van der Waals surface area contributed by atoms with E-state index in [0.29, 0.717) is 21.4 Å². The van der Waals surface area contributed by atoms with Gasteiger partial charge in [-0.15, -0.1) is 0 Å². The predicted molar refractivity (Wildman–Crippen MR) is 85.8 cm³/mol. The van der Waals surface area contributed by atoms with Crippen molar-refractivity contribution >= 4 is 29.0 Å². The van der Waals surface area contributed by atoms with Crippen LogP contribution in [0.15, 0.2) is 12.1 Å². The number of carbonyl (C=O) groups is 1. The lowest BCUT2D eigenvalue weighted by Crippen LogP contribution is -2.45. The molecule has 0 amide bonds. The van der Waals surface area contributed by atoms with Crippen molar-refractivity contribution in [2.75, 3.05) is 39.8 Å². The minimum atomic E-state index is -0.133. The Bertz CT molecular complexity index is 517. The second-order valence-corrected chi connectivity index (χ2v) is 6.13. The predicted octanol–water partition coefficient (Wildman–Crippen LogP) is 2.73. The second kappa shape index (κ2) is 7.45. The number of halogens is 2. The van der Waals surface area contributed by atoms with Gasteiger partial charge >= 0.3 is 0 Å². The summed E-state index contributed by atoms with van der Waals surface area (Å²) in [5, 5.41) is 4.11. The van der Waals surface area contributed by atoms with E-state index in [2.05, 4.69) is 10.2 Å². The molecular weight excluding hydrogens is 311 g/mol. The Morgan fingerprint density at radius 2 is 2.05 bits per heavy atom. The van der Waals surface area contributed by atoms with Gasteiger partial charge in [0.25, 0.3) is 0 Å². The molecule has 1 N–H and O–H groups in total. The van der Waals surface area contributed by atoms with Crippen LogP contribution in [0.5, 0.6) is 5.75 Å². The van der Waals surface area contributed by atoms with Gasteiger partial charge in [0, 0.05) is 43.7 Å². The van der Waals surface area contributed by atoms with E-state index in [0.717, 1.165) is 32.7 Å². The lowest BCUT2D eigenvalue weighted by atomic mass is 9.97. The molecule has 1 saturated heterocycles. The van der Waals surface area contributed by atoms with Gasteiger partial charge in [-0.1, -0.05) is 30.1 Å². The van der Waals surface area contributed by atoms with Gasteiger partial charge in [0.05, 0.1) is 17.7 Å². The SMILES string of the molecule is COc1c(Cl)cc(Cl)cc1C(=O)C(C)CN1CCNCC1. The van der Waals surface area contributed by atoms with E-state index in [4.69, 9.17) is 27.9 Å². The number of nitrogens with one attached hydrogen (secondary N) is 1.